The summed E-state index contributed by atoms with van der Waals surface area (Å²) in [6.45, 7) is 8.91. The maximum atomic E-state index is 15.0. The summed E-state index contributed by atoms with van der Waals surface area (Å²) in [4.78, 5) is 77.5. The number of thiazole rings is 1. The van der Waals surface area contributed by atoms with Gasteiger partial charge >= 0.3 is 0 Å². The van der Waals surface area contributed by atoms with Crippen molar-refractivity contribution in [2.24, 2.45) is 33.7 Å². The molecule has 2 saturated carbocycles. The fraction of sp³-hybridized carbons (Fsp3) is 0.556. The van der Waals surface area contributed by atoms with Crippen molar-refractivity contribution in [2.45, 2.75) is 145 Å². The largest absolute Gasteiger partial charge is 0.391 e. The van der Waals surface area contributed by atoms with Crippen molar-refractivity contribution in [3.8, 4) is 16.1 Å². The van der Waals surface area contributed by atoms with Gasteiger partial charge in [0.05, 0.1) is 80.8 Å². The van der Waals surface area contributed by atoms with Crippen LogP contribution in [0.1, 0.15) is 137 Å². The Bertz CT molecular complexity index is 3280. The molecule has 0 unspecified atom stereocenters. The fourth-order valence-electron chi connectivity index (χ4n) is 14.8. The van der Waals surface area contributed by atoms with E-state index in [0.29, 0.717) is 67.1 Å². The van der Waals surface area contributed by atoms with E-state index < -0.39 is 24.3 Å². The van der Waals surface area contributed by atoms with Crippen LogP contribution in [-0.2, 0) is 29.3 Å². The van der Waals surface area contributed by atoms with Crippen molar-refractivity contribution in [1.29, 1.82) is 0 Å². The highest BCUT2D eigenvalue weighted by molar-refractivity contribution is 7.13. The van der Waals surface area contributed by atoms with Crippen molar-refractivity contribution in [1.82, 2.24) is 34.6 Å². The number of hydrogen-bond donors (Lipinski definition) is 3. The molecule has 0 bridgehead atoms. The molecule has 4 N–H and O–H groups in total. The summed E-state index contributed by atoms with van der Waals surface area (Å²) in [5.74, 6) is 7.10. The first-order valence-electron chi connectivity index (χ1n) is 30.0. The molecule has 12 rings (SSSR count). The number of aromatic nitrogens is 3. The Morgan fingerprint density at radius 1 is 0.963 bits per heavy atom. The van der Waals surface area contributed by atoms with E-state index in [1.54, 1.807) is 28.5 Å². The number of nitrogens with zero attached hydrogens (tertiary/aromatic N) is 8. The number of rotatable bonds is 13. The molecule has 3 amide bonds. The molecule has 4 saturated heterocycles. The van der Waals surface area contributed by atoms with Gasteiger partial charge in [0.2, 0.25) is 11.8 Å². The summed E-state index contributed by atoms with van der Waals surface area (Å²) >= 11 is 8.26. The second-order valence-electron chi connectivity index (χ2n) is 24.3. The number of halogens is 1. The van der Waals surface area contributed by atoms with Crippen molar-refractivity contribution < 1.29 is 29.0 Å². The van der Waals surface area contributed by atoms with Gasteiger partial charge in [0.25, 0.3) is 11.5 Å². The molecule has 434 valence electrons. The topological polar surface area (TPSA) is 210 Å². The van der Waals surface area contributed by atoms with E-state index in [9.17, 15) is 19.5 Å². The lowest BCUT2D eigenvalue weighted by Gasteiger charge is -2.38. The lowest BCUT2D eigenvalue weighted by molar-refractivity contribution is -0.159. The first-order valence-corrected chi connectivity index (χ1v) is 31.3. The number of nitrogens with one attached hydrogen (secondary N) is 1. The third-order valence-electron chi connectivity index (χ3n) is 19.4. The lowest BCUT2D eigenvalue weighted by atomic mass is 9.69. The number of aliphatic hydroxyl groups excluding tert-OH is 1. The molecule has 1 spiro atoms. The van der Waals surface area contributed by atoms with Gasteiger partial charge in [-0.3, -0.25) is 28.7 Å². The van der Waals surface area contributed by atoms with E-state index >= 15 is 4.79 Å². The van der Waals surface area contributed by atoms with E-state index in [4.69, 9.17) is 36.9 Å². The average Bonchev–Trinajstić information content (AvgIpc) is 3.78. The Hall–Kier alpha value is -5.89. The van der Waals surface area contributed by atoms with E-state index in [0.717, 1.165) is 123 Å². The molecule has 2 aromatic heterocycles. The molecule has 7 heterocycles. The zero-order valence-corrected chi connectivity index (χ0v) is 48.8. The van der Waals surface area contributed by atoms with Gasteiger partial charge in [-0.25, -0.2) is 4.98 Å². The van der Waals surface area contributed by atoms with Crippen LogP contribution in [0, 0.1) is 24.7 Å². The SMILES string of the molecule is Cc1ncsc1-c1ccc([C@H](C)NC(=O)[C@@H]2C[C@@H](O)CN2C(=O)[C@@H](N=C/C(=N\N)C2CCC(CN3CCC(c4ccc5c(c4)-n4c(nc(=O)c6c(Cl)cccc64)C54CCCCC4)CC3)CC2)C2CCN(C(=O)[C@@H]3COCCO3)CC2)cc1. The normalized spacial score (nSPS) is 25.4. The number of piperidine rings is 2. The predicted octanol–water partition coefficient (Wildman–Crippen LogP) is 8.27. The van der Waals surface area contributed by atoms with Crippen LogP contribution >= 0.6 is 22.9 Å². The molecule has 0 radical (unpaired) electrons. The molecule has 6 fully saturated rings. The minimum Gasteiger partial charge on any atom is -0.391 e. The number of hydrogen-bond acceptors (Lipinski definition) is 14. The summed E-state index contributed by atoms with van der Waals surface area (Å²) < 4.78 is 13.5. The Kier molecular flexibility index (Phi) is 16.8. The number of aliphatic hydroxyl groups is 1. The number of aryl methyl sites for hydroxylation is 1. The zero-order valence-electron chi connectivity index (χ0n) is 47.2. The van der Waals surface area contributed by atoms with Crippen LogP contribution in [0.5, 0.6) is 0 Å². The molecule has 5 aliphatic heterocycles. The molecule has 2 aliphatic carbocycles. The number of carbonyl (C=O) groups is 3. The van der Waals surface area contributed by atoms with Crippen molar-refractivity contribution in [2.75, 3.05) is 59.1 Å². The number of hydrazone groups is 1. The van der Waals surface area contributed by atoms with Crippen molar-refractivity contribution in [3.05, 3.63) is 110 Å². The summed E-state index contributed by atoms with van der Waals surface area (Å²) in [5, 5.41) is 19.4. The fourth-order valence-corrected chi connectivity index (χ4v) is 15.9. The number of β-amino-alcohol motifs (C(OH)–C–C–N with tert-alkyl or cyclic N) is 1. The smallest absolute Gasteiger partial charge is 0.282 e. The molecule has 3 aromatic carbocycles. The molecule has 7 aliphatic rings. The average molecular weight is 1150 g/mol. The van der Waals surface area contributed by atoms with Crippen LogP contribution in [0.15, 0.2) is 81.1 Å². The molecule has 5 atom stereocenters. The molecular formula is C63H77ClN10O7S. The number of fused-ring (bicyclic) bond motifs is 7. The molecule has 5 aromatic rings. The summed E-state index contributed by atoms with van der Waals surface area (Å²) in [6.07, 6.45) is 12.7. The number of ether oxygens (including phenoxy) is 2. The minimum absolute atomic E-state index is 0.00942. The van der Waals surface area contributed by atoms with Gasteiger partial charge in [0.15, 0.2) is 6.10 Å². The number of likely N-dealkylation sites (tertiary alicyclic amines) is 3. The summed E-state index contributed by atoms with van der Waals surface area (Å²) in [7, 11) is 0. The highest BCUT2D eigenvalue weighted by Gasteiger charge is 2.48. The first kappa shape index (κ1) is 56.6. The van der Waals surface area contributed by atoms with Gasteiger partial charge in [-0.1, -0.05) is 73.3 Å². The van der Waals surface area contributed by atoms with Crippen molar-refractivity contribution in [3.63, 3.8) is 0 Å². The maximum Gasteiger partial charge on any atom is 0.282 e. The van der Waals surface area contributed by atoms with Gasteiger partial charge in [-0.2, -0.15) is 10.1 Å². The highest BCUT2D eigenvalue weighted by Crippen LogP contribution is 2.52. The second kappa shape index (κ2) is 24.4. The number of benzene rings is 3. The van der Waals surface area contributed by atoms with Crippen LogP contribution in [0.2, 0.25) is 5.02 Å². The first-order chi connectivity index (χ1) is 39.9. The minimum atomic E-state index is -0.893. The van der Waals surface area contributed by atoms with E-state index in [1.807, 2.05) is 55.8 Å². The zero-order chi connectivity index (χ0) is 56.6. The summed E-state index contributed by atoms with van der Waals surface area (Å²) in [5.41, 5.74) is 9.58. The Morgan fingerprint density at radius 3 is 2.44 bits per heavy atom. The molecule has 82 heavy (non-hydrogen) atoms. The van der Waals surface area contributed by atoms with Crippen LogP contribution < -0.4 is 16.7 Å². The number of amides is 3. The van der Waals surface area contributed by atoms with Gasteiger partial charge in [0, 0.05) is 44.7 Å². The van der Waals surface area contributed by atoms with E-state index in [1.165, 1.54) is 22.4 Å². The van der Waals surface area contributed by atoms with Gasteiger partial charge in [-0.15, -0.1) is 11.3 Å². The Balaban J connectivity index is 0.688. The van der Waals surface area contributed by atoms with Gasteiger partial charge < -0.3 is 40.4 Å². The Morgan fingerprint density at radius 2 is 1.73 bits per heavy atom. The number of carbonyl (C=O) groups excluding carboxylic acids is 3. The molecular weight excluding hydrogens is 1080 g/mol. The third kappa shape index (κ3) is 11.2. The standard InChI is InChI=1S/C63H77ClN10O7S/c1-38(41-13-15-45(16-14-41)57-39(2)67-37-82-57)68-58(76)53-32-47(75)35-73(53)61(79)56(44-21-27-72(28-22-44)60(78)54-36-80-29-30-81-54)66-33-50(70-65)43-11-9-40(10-12-43)34-71-25-19-42(20-26-71)46-17-18-48-52(31-46)74-51-8-6-7-49(64)55(51)59(77)69-62(74)63(48)23-4-3-5-24-63/h6-8,13-18,31,33,37-38,40,42-44,47,53-54,56,75H,3-5,9-12,19-30,32,34-36,65H2,1-2H3,(H,68,76)/b66-33?,70-50+/t38-,40?,43?,47+,53-,54-,56-/m0/s1. The Labute approximate surface area is 488 Å². The number of nitrogens with two attached hydrogens (primary N) is 1. The monoisotopic (exact) mass is 1150 g/mol. The molecule has 19 heteroatoms. The van der Waals surface area contributed by atoms with Crippen LogP contribution in [0.4, 0.5) is 0 Å². The van der Waals surface area contributed by atoms with Gasteiger partial charge in [-0.05, 0) is 149 Å². The molecule has 17 nitrogen and oxygen atoms in total. The van der Waals surface area contributed by atoms with Crippen LogP contribution in [0.25, 0.3) is 27.0 Å². The van der Waals surface area contributed by atoms with Gasteiger partial charge in [0.1, 0.15) is 17.9 Å². The quantitative estimate of drug-likeness (QED) is 0.0580. The lowest BCUT2D eigenvalue weighted by Crippen LogP contribution is -2.53. The van der Waals surface area contributed by atoms with Crippen molar-refractivity contribution >= 4 is 63.5 Å². The second-order valence-corrected chi connectivity index (χ2v) is 25.6. The third-order valence-corrected chi connectivity index (χ3v) is 20.7. The maximum absolute atomic E-state index is 15.0. The van der Waals surface area contributed by atoms with Crippen LogP contribution in [0.3, 0.4) is 0 Å². The van der Waals surface area contributed by atoms with E-state index in [-0.39, 0.29) is 66.1 Å². The number of aliphatic imine (C=N–C) groups is 1. The summed E-state index contributed by atoms with van der Waals surface area (Å²) in [6, 6.07) is 18.8. The highest BCUT2D eigenvalue weighted by atomic mass is 35.5. The van der Waals surface area contributed by atoms with E-state index in [2.05, 4.69) is 43.1 Å². The predicted molar refractivity (Wildman–Crippen MR) is 319 cm³/mol. The van der Waals surface area contributed by atoms with Crippen LogP contribution in [-0.4, -0.2) is 147 Å².